The van der Waals surface area contributed by atoms with E-state index in [0.29, 0.717) is 6.04 Å². The zero-order valence-electron chi connectivity index (χ0n) is 12.1. The van der Waals surface area contributed by atoms with Crippen LogP contribution in [0.1, 0.15) is 38.2 Å². The first-order chi connectivity index (χ1) is 9.70. The Balaban J connectivity index is 1.52. The van der Waals surface area contributed by atoms with E-state index in [1.165, 1.54) is 36.9 Å². The van der Waals surface area contributed by atoms with Gasteiger partial charge in [0.25, 0.3) is 0 Å². The third-order valence-electron chi connectivity index (χ3n) is 5.45. The topological polar surface area (TPSA) is 32.3 Å². The lowest BCUT2D eigenvalue weighted by Crippen LogP contribution is -2.26. The van der Waals surface area contributed by atoms with Crippen LogP contribution in [0.25, 0.3) is 0 Å². The Labute approximate surface area is 120 Å². The number of hydrogen-bond donors (Lipinski definition) is 1. The van der Waals surface area contributed by atoms with Gasteiger partial charge in [0, 0.05) is 30.9 Å². The number of carbonyl (C=O) groups excluding carboxylic acids is 1. The molecule has 4 rings (SSSR count). The SMILES string of the molecule is CC(=O)N1CCc2cc(NC3CC4CCC3C4)ccc21. The van der Waals surface area contributed by atoms with Crippen molar-refractivity contribution in [2.75, 3.05) is 16.8 Å². The lowest BCUT2D eigenvalue weighted by atomic mass is 9.95. The van der Waals surface area contributed by atoms with Crippen LogP contribution in [0.3, 0.4) is 0 Å². The second-order valence-electron chi connectivity index (χ2n) is 6.69. The van der Waals surface area contributed by atoms with Crippen LogP contribution in [0.5, 0.6) is 0 Å². The minimum Gasteiger partial charge on any atom is -0.382 e. The molecule has 1 aliphatic heterocycles. The summed E-state index contributed by atoms with van der Waals surface area (Å²) < 4.78 is 0. The van der Waals surface area contributed by atoms with Crippen LogP contribution in [0, 0.1) is 11.8 Å². The predicted molar refractivity (Wildman–Crippen MR) is 81.0 cm³/mol. The van der Waals surface area contributed by atoms with Crippen LogP contribution >= 0.6 is 0 Å². The fourth-order valence-corrected chi connectivity index (χ4v) is 4.45. The molecule has 2 aliphatic carbocycles. The molecule has 20 heavy (non-hydrogen) atoms. The highest BCUT2D eigenvalue weighted by atomic mass is 16.2. The van der Waals surface area contributed by atoms with Crippen LogP contribution in [0.15, 0.2) is 18.2 Å². The molecule has 0 saturated heterocycles. The molecule has 1 aromatic carbocycles. The lowest BCUT2D eigenvalue weighted by Gasteiger charge is -2.24. The molecule has 1 amide bonds. The molecule has 3 aliphatic rings. The van der Waals surface area contributed by atoms with E-state index in [0.717, 1.165) is 30.5 Å². The first kappa shape index (κ1) is 12.2. The summed E-state index contributed by atoms with van der Waals surface area (Å²) in [6.45, 7) is 2.48. The van der Waals surface area contributed by atoms with Crippen LogP contribution < -0.4 is 10.2 Å². The summed E-state index contributed by atoms with van der Waals surface area (Å²) in [7, 11) is 0. The average Bonchev–Trinajstić information content (AvgIpc) is 3.11. The van der Waals surface area contributed by atoms with Gasteiger partial charge < -0.3 is 10.2 Å². The Morgan fingerprint density at radius 2 is 2.20 bits per heavy atom. The molecule has 106 valence electrons. The monoisotopic (exact) mass is 270 g/mol. The highest BCUT2D eigenvalue weighted by Gasteiger charge is 2.39. The maximum absolute atomic E-state index is 11.6. The summed E-state index contributed by atoms with van der Waals surface area (Å²) in [6, 6.07) is 7.19. The molecule has 3 unspecified atom stereocenters. The molecule has 3 atom stereocenters. The van der Waals surface area contributed by atoms with Crippen molar-refractivity contribution in [2.45, 2.75) is 45.1 Å². The van der Waals surface area contributed by atoms with E-state index in [9.17, 15) is 4.79 Å². The van der Waals surface area contributed by atoms with Gasteiger partial charge in [0.05, 0.1) is 0 Å². The van der Waals surface area contributed by atoms with Crippen molar-refractivity contribution < 1.29 is 4.79 Å². The predicted octanol–water partition coefficient (Wildman–Crippen LogP) is 3.20. The molecule has 0 aromatic heterocycles. The van der Waals surface area contributed by atoms with Crippen molar-refractivity contribution in [3.8, 4) is 0 Å². The zero-order valence-corrected chi connectivity index (χ0v) is 12.1. The number of hydrogen-bond acceptors (Lipinski definition) is 2. The summed E-state index contributed by atoms with van der Waals surface area (Å²) in [5.74, 6) is 2.01. The summed E-state index contributed by atoms with van der Waals surface area (Å²) in [6.07, 6.45) is 6.62. The van der Waals surface area contributed by atoms with E-state index in [4.69, 9.17) is 0 Å². The zero-order chi connectivity index (χ0) is 13.7. The van der Waals surface area contributed by atoms with E-state index in [1.54, 1.807) is 6.92 Å². The molecular formula is C17H22N2O. The third kappa shape index (κ3) is 1.91. The number of nitrogens with one attached hydrogen (secondary N) is 1. The molecule has 1 aromatic rings. The molecular weight excluding hydrogens is 248 g/mol. The Kier molecular flexibility index (Phi) is 2.76. The second-order valence-corrected chi connectivity index (χ2v) is 6.69. The van der Waals surface area contributed by atoms with Gasteiger partial charge in [-0.15, -0.1) is 0 Å². The molecule has 3 nitrogen and oxygen atoms in total. The van der Waals surface area contributed by atoms with Crippen molar-refractivity contribution in [1.29, 1.82) is 0 Å². The molecule has 0 radical (unpaired) electrons. The first-order valence-corrected chi connectivity index (χ1v) is 7.88. The van der Waals surface area contributed by atoms with Crippen LogP contribution in [0.4, 0.5) is 11.4 Å². The van der Waals surface area contributed by atoms with Gasteiger partial charge in [-0.25, -0.2) is 0 Å². The van der Waals surface area contributed by atoms with Crippen LogP contribution in [-0.2, 0) is 11.2 Å². The van der Waals surface area contributed by atoms with E-state index in [-0.39, 0.29) is 5.91 Å². The smallest absolute Gasteiger partial charge is 0.223 e. The second kappa shape index (κ2) is 4.51. The number of amides is 1. The Hall–Kier alpha value is -1.51. The summed E-state index contributed by atoms with van der Waals surface area (Å²) in [5.41, 5.74) is 3.66. The number of carbonyl (C=O) groups is 1. The van der Waals surface area contributed by atoms with Crippen molar-refractivity contribution in [3.05, 3.63) is 23.8 Å². The Bertz CT molecular complexity index is 554. The fourth-order valence-electron chi connectivity index (χ4n) is 4.45. The first-order valence-electron chi connectivity index (χ1n) is 7.88. The number of nitrogens with zero attached hydrogens (tertiary/aromatic N) is 1. The molecule has 1 heterocycles. The highest BCUT2D eigenvalue weighted by Crippen LogP contribution is 2.45. The Morgan fingerprint density at radius 3 is 2.90 bits per heavy atom. The van der Waals surface area contributed by atoms with Gasteiger partial charge in [-0.2, -0.15) is 0 Å². The third-order valence-corrected chi connectivity index (χ3v) is 5.45. The van der Waals surface area contributed by atoms with Gasteiger partial charge >= 0.3 is 0 Å². The lowest BCUT2D eigenvalue weighted by molar-refractivity contribution is -0.116. The van der Waals surface area contributed by atoms with Crippen LogP contribution in [-0.4, -0.2) is 18.5 Å². The summed E-state index contributed by atoms with van der Waals surface area (Å²) >= 11 is 0. The maximum Gasteiger partial charge on any atom is 0.223 e. The van der Waals surface area contributed by atoms with E-state index in [1.807, 2.05) is 4.90 Å². The molecule has 2 bridgehead atoms. The normalized spacial score (nSPS) is 30.6. The fraction of sp³-hybridized carbons (Fsp3) is 0.588. The number of benzene rings is 1. The van der Waals surface area contributed by atoms with Crippen LogP contribution in [0.2, 0.25) is 0 Å². The van der Waals surface area contributed by atoms with E-state index < -0.39 is 0 Å². The van der Waals surface area contributed by atoms with E-state index >= 15 is 0 Å². The number of fused-ring (bicyclic) bond motifs is 3. The van der Waals surface area contributed by atoms with Gasteiger partial charge in [-0.3, -0.25) is 4.79 Å². The average molecular weight is 270 g/mol. The van der Waals surface area contributed by atoms with Gasteiger partial charge in [-0.1, -0.05) is 6.42 Å². The van der Waals surface area contributed by atoms with Gasteiger partial charge in [0.15, 0.2) is 0 Å². The highest BCUT2D eigenvalue weighted by molar-refractivity contribution is 5.94. The molecule has 2 saturated carbocycles. The summed E-state index contributed by atoms with van der Waals surface area (Å²) in [5, 5.41) is 3.74. The largest absolute Gasteiger partial charge is 0.382 e. The molecule has 0 spiro atoms. The molecule has 3 heteroatoms. The molecule has 2 fully saturated rings. The standard InChI is InChI=1S/C17H22N2O/c1-11(20)19-7-6-14-10-15(4-5-17(14)19)18-16-9-12-2-3-13(16)8-12/h4-5,10,12-13,16,18H,2-3,6-9H2,1H3. The summed E-state index contributed by atoms with van der Waals surface area (Å²) in [4.78, 5) is 13.5. The van der Waals surface area contributed by atoms with Crippen molar-refractivity contribution in [1.82, 2.24) is 0 Å². The van der Waals surface area contributed by atoms with Crippen molar-refractivity contribution >= 4 is 17.3 Å². The van der Waals surface area contributed by atoms with Gasteiger partial charge in [0.1, 0.15) is 0 Å². The Morgan fingerprint density at radius 1 is 1.30 bits per heavy atom. The van der Waals surface area contributed by atoms with Crippen molar-refractivity contribution in [2.24, 2.45) is 11.8 Å². The quantitative estimate of drug-likeness (QED) is 0.895. The molecule has 1 N–H and O–H groups in total. The number of anilines is 2. The van der Waals surface area contributed by atoms with Gasteiger partial charge in [0.2, 0.25) is 5.91 Å². The maximum atomic E-state index is 11.6. The van der Waals surface area contributed by atoms with Gasteiger partial charge in [-0.05, 0) is 61.3 Å². The number of rotatable bonds is 2. The minimum absolute atomic E-state index is 0.151. The minimum atomic E-state index is 0.151. The van der Waals surface area contributed by atoms with Crippen molar-refractivity contribution in [3.63, 3.8) is 0 Å². The van der Waals surface area contributed by atoms with E-state index in [2.05, 4.69) is 23.5 Å².